The number of nitrogens with one attached hydrogen (secondary N) is 1. The van der Waals surface area contributed by atoms with Gasteiger partial charge in [-0.3, -0.25) is 14.5 Å². The second-order valence-electron chi connectivity index (χ2n) is 4.79. The van der Waals surface area contributed by atoms with E-state index < -0.39 is 0 Å². The molecular weight excluding hydrogens is 336 g/mol. The molecule has 0 aliphatic carbocycles. The number of hydrogen-bond donors (Lipinski definition) is 1. The number of benzene rings is 1. The molecule has 114 valence electrons. The molecule has 0 saturated heterocycles. The molecule has 1 N–H and O–H groups in total. The number of likely N-dealkylation sites (N-methyl/N-ethyl adjacent to an activating group) is 1. The Bertz CT molecular complexity index is 520. The molecular formula is C15H19BrN2O3. The molecule has 0 spiro atoms. The molecule has 1 aromatic carbocycles. The van der Waals surface area contributed by atoms with Crippen molar-refractivity contribution in [1.82, 2.24) is 10.2 Å². The lowest BCUT2D eigenvalue weighted by Crippen LogP contribution is -2.34. The van der Waals surface area contributed by atoms with Gasteiger partial charge in [0.05, 0.1) is 6.04 Å². The number of halogens is 1. The minimum atomic E-state index is -0.360. The third-order valence-electron chi connectivity index (χ3n) is 3.32. The summed E-state index contributed by atoms with van der Waals surface area (Å²) in [6.07, 6.45) is 2.38. The number of amides is 1. The molecule has 1 rings (SSSR count). The topological polar surface area (TPSA) is 66.5 Å². The third-order valence-corrected chi connectivity index (χ3v) is 3.81. The van der Waals surface area contributed by atoms with Crippen molar-refractivity contribution in [3.8, 4) is 0 Å². The first-order chi connectivity index (χ1) is 10.0. The van der Waals surface area contributed by atoms with Crippen molar-refractivity contribution in [3.63, 3.8) is 0 Å². The van der Waals surface area contributed by atoms with Gasteiger partial charge in [-0.05, 0) is 31.2 Å². The number of hydrogen-bond acceptors (Lipinski definition) is 4. The highest BCUT2D eigenvalue weighted by Crippen LogP contribution is 2.18. The Morgan fingerprint density at radius 2 is 2.14 bits per heavy atom. The molecule has 21 heavy (non-hydrogen) atoms. The zero-order valence-electron chi connectivity index (χ0n) is 12.1. The van der Waals surface area contributed by atoms with Gasteiger partial charge in [0.2, 0.25) is 5.91 Å². The van der Waals surface area contributed by atoms with E-state index in [0.29, 0.717) is 24.9 Å². The van der Waals surface area contributed by atoms with E-state index in [4.69, 9.17) is 0 Å². The van der Waals surface area contributed by atoms with Crippen molar-refractivity contribution in [3.05, 3.63) is 33.8 Å². The van der Waals surface area contributed by atoms with E-state index >= 15 is 0 Å². The van der Waals surface area contributed by atoms with Crippen LogP contribution in [-0.2, 0) is 16.1 Å². The maximum absolute atomic E-state index is 11.3. The van der Waals surface area contributed by atoms with Gasteiger partial charge in [0, 0.05) is 30.0 Å². The molecule has 1 unspecified atom stereocenters. The molecule has 1 atom stereocenters. The average molecular weight is 355 g/mol. The van der Waals surface area contributed by atoms with Gasteiger partial charge in [0.25, 0.3) is 0 Å². The van der Waals surface area contributed by atoms with Crippen LogP contribution in [0.4, 0.5) is 0 Å². The average Bonchev–Trinajstić information content (AvgIpc) is 2.47. The van der Waals surface area contributed by atoms with E-state index in [1.54, 1.807) is 26.2 Å². The van der Waals surface area contributed by atoms with E-state index in [1.807, 2.05) is 11.0 Å². The first kappa shape index (κ1) is 17.5. The summed E-state index contributed by atoms with van der Waals surface area (Å²) in [5, 5.41) is 2.53. The van der Waals surface area contributed by atoms with Crippen LogP contribution in [0.2, 0.25) is 0 Å². The fourth-order valence-corrected chi connectivity index (χ4v) is 2.42. The summed E-state index contributed by atoms with van der Waals surface area (Å²) in [7, 11) is 3.37. The van der Waals surface area contributed by atoms with E-state index in [0.717, 1.165) is 22.6 Å². The van der Waals surface area contributed by atoms with Gasteiger partial charge >= 0.3 is 0 Å². The smallest absolute Gasteiger partial charge is 0.219 e. The number of rotatable bonds is 8. The minimum absolute atomic E-state index is 0.0914. The molecule has 1 aromatic rings. The van der Waals surface area contributed by atoms with Crippen LogP contribution < -0.4 is 5.32 Å². The number of aldehydes is 2. The van der Waals surface area contributed by atoms with Crippen molar-refractivity contribution >= 4 is 34.4 Å². The Kier molecular flexibility index (Phi) is 7.25. The Hall–Kier alpha value is -1.53. The lowest BCUT2D eigenvalue weighted by atomic mass is 10.1. The molecule has 5 nitrogen and oxygen atoms in total. The fraction of sp³-hybridized carbons (Fsp3) is 0.400. The SMILES string of the molecule is CNC(=O)CCC(C=O)N(C)Cc1cc(Br)ccc1C=O. The van der Waals surface area contributed by atoms with Gasteiger partial charge in [0.15, 0.2) is 0 Å². The highest BCUT2D eigenvalue weighted by Gasteiger charge is 2.16. The van der Waals surface area contributed by atoms with Gasteiger partial charge in [0.1, 0.15) is 12.6 Å². The molecule has 0 heterocycles. The predicted molar refractivity (Wildman–Crippen MR) is 84.1 cm³/mol. The maximum atomic E-state index is 11.3. The zero-order chi connectivity index (χ0) is 15.8. The molecule has 0 aromatic heterocycles. The Labute approximate surface area is 132 Å². The molecule has 6 heteroatoms. The molecule has 0 aliphatic heterocycles. The van der Waals surface area contributed by atoms with Gasteiger partial charge in [-0.25, -0.2) is 0 Å². The summed E-state index contributed by atoms with van der Waals surface area (Å²) in [5.74, 6) is -0.0914. The summed E-state index contributed by atoms with van der Waals surface area (Å²) in [6, 6.07) is 5.04. The Morgan fingerprint density at radius 1 is 1.43 bits per heavy atom. The molecule has 0 saturated carbocycles. The summed E-state index contributed by atoms with van der Waals surface area (Å²) >= 11 is 3.37. The third kappa shape index (κ3) is 5.40. The van der Waals surface area contributed by atoms with Crippen LogP contribution >= 0.6 is 15.9 Å². The number of carbonyl (C=O) groups is 3. The molecule has 0 radical (unpaired) electrons. The number of nitrogens with zero attached hydrogens (tertiary/aromatic N) is 1. The lowest BCUT2D eigenvalue weighted by Gasteiger charge is -2.24. The van der Waals surface area contributed by atoms with Crippen LogP contribution in [0.3, 0.4) is 0 Å². The standard InChI is InChI=1S/C15H19BrN2O3/c1-17-15(21)6-5-14(10-20)18(2)8-12-7-13(16)4-3-11(12)9-19/h3-4,7,9-10,14H,5-6,8H2,1-2H3,(H,17,21). The van der Waals surface area contributed by atoms with E-state index in [1.165, 1.54) is 0 Å². The van der Waals surface area contributed by atoms with Gasteiger partial charge in [-0.2, -0.15) is 0 Å². The van der Waals surface area contributed by atoms with E-state index in [9.17, 15) is 14.4 Å². The summed E-state index contributed by atoms with van der Waals surface area (Å²) < 4.78 is 0.879. The highest BCUT2D eigenvalue weighted by atomic mass is 79.9. The molecule has 0 bridgehead atoms. The van der Waals surface area contributed by atoms with Crippen molar-refractivity contribution in [2.24, 2.45) is 0 Å². The van der Waals surface area contributed by atoms with Crippen LogP contribution in [0.1, 0.15) is 28.8 Å². The first-order valence-corrected chi connectivity index (χ1v) is 7.40. The van der Waals surface area contributed by atoms with Crippen LogP contribution in [0, 0.1) is 0 Å². The van der Waals surface area contributed by atoms with Crippen LogP contribution in [-0.4, -0.2) is 43.5 Å². The highest BCUT2D eigenvalue weighted by molar-refractivity contribution is 9.10. The quantitative estimate of drug-likeness (QED) is 0.722. The van der Waals surface area contributed by atoms with Gasteiger partial charge in [-0.15, -0.1) is 0 Å². The Balaban J connectivity index is 2.75. The normalized spacial score (nSPS) is 12.0. The summed E-state index contributed by atoms with van der Waals surface area (Å²) in [5.41, 5.74) is 1.44. The maximum Gasteiger partial charge on any atom is 0.219 e. The van der Waals surface area contributed by atoms with E-state index in [2.05, 4.69) is 21.2 Å². The number of carbonyl (C=O) groups excluding carboxylic acids is 3. The molecule has 0 aliphatic rings. The van der Waals surface area contributed by atoms with Crippen molar-refractivity contribution in [1.29, 1.82) is 0 Å². The Morgan fingerprint density at radius 3 is 2.71 bits per heavy atom. The van der Waals surface area contributed by atoms with Crippen LogP contribution in [0.5, 0.6) is 0 Å². The van der Waals surface area contributed by atoms with Crippen LogP contribution in [0.15, 0.2) is 22.7 Å². The van der Waals surface area contributed by atoms with Crippen molar-refractivity contribution < 1.29 is 14.4 Å². The second kappa shape index (κ2) is 8.69. The summed E-state index contributed by atoms with van der Waals surface area (Å²) in [4.78, 5) is 35.4. The summed E-state index contributed by atoms with van der Waals surface area (Å²) in [6.45, 7) is 0.463. The largest absolute Gasteiger partial charge is 0.359 e. The monoisotopic (exact) mass is 354 g/mol. The molecule has 0 fully saturated rings. The second-order valence-corrected chi connectivity index (χ2v) is 5.71. The fourth-order valence-electron chi connectivity index (χ4n) is 2.01. The van der Waals surface area contributed by atoms with Crippen molar-refractivity contribution in [2.75, 3.05) is 14.1 Å². The van der Waals surface area contributed by atoms with E-state index in [-0.39, 0.29) is 11.9 Å². The lowest BCUT2D eigenvalue weighted by molar-refractivity contribution is -0.121. The van der Waals surface area contributed by atoms with Crippen LogP contribution in [0.25, 0.3) is 0 Å². The zero-order valence-corrected chi connectivity index (χ0v) is 13.7. The van der Waals surface area contributed by atoms with Crippen molar-refractivity contribution in [2.45, 2.75) is 25.4 Å². The predicted octanol–water partition coefficient (Wildman–Crippen LogP) is 1.79. The first-order valence-electron chi connectivity index (χ1n) is 6.61. The minimum Gasteiger partial charge on any atom is -0.359 e. The van der Waals surface area contributed by atoms with Gasteiger partial charge < -0.3 is 10.1 Å². The van der Waals surface area contributed by atoms with Gasteiger partial charge in [-0.1, -0.05) is 22.0 Å². The molecule has 1 amide bonds.